The van der Waals surface area contributed by atoms with Crippen LogP contribution in [0.3, 0.4) is 0 Å². The monoisotopic (exact) mass is 479 g/mol. The maximum absolute atomic E-state index is 12.6. The number of hydrogen-bond acceptors (Lipinski definition) is 6. The highest BCUT2D eigenvalue weighted by atomic mass is 32.1. The van der Waals surface area contributed by atoms with Crippen LogP contribution in [0.15, 0.2) is 96.2 Å². The zero-order chi connectivity index (χ0) is 24.1. The van der Waals surface area contributed by atoms with Crippen LogP contribution >= 0.6 is 11.3 Å². The molecule has 0 bridgehead atoms. The molecule has 34 heavy (non-hydrogen) atoms. The first kappa shape index (κ1) is 23.1. The lowest BCUT2D eigenvalue weighted by atomic mass is 9.70. The molecule has 0 saturated carbocycles. The molecule has 0 unspecified atom stereocenters. The molecule has 0 atom stereocenters. The molecular formula is C25H19F2N3O3S. The Morgan fingerprint density at radius 3 is 1.74 bits per heavy atom. The van der Waals surface area contributed by atoms with E-state index in [0.29, 0.717) is 5.01 Å². The SMILES string of the molecule is Nc1sc(C(c2ccccc2)(c2ccccc2)c2ccccc2)nc1C(=NOC(F)F)C(=O)O. The minimum Gasteiger partial charge on any atom is -0.476 e. The Morgan fingerprint density at radius 2 is 1.35 bits per heavy atom. The average Bonchev–Trinajstić information content (AvgIpc) is 3.22. The number of nitrogens with two attached hydrogens (primary N) is 1. The standard InChI is InChI=1S/C25H19F2N3O3S/c26-24(27)33-30-20(22(31)32)19-21(28)34-23(29-19)25(16-10-4-1-5-11-16,17-12-6-2-7-13-17)18-14-8-3-9-15-18/h1-15,24H,28H2,(H,31,32). The van der Waals surface area contributed by atoms with E-state index in [1.165, 1.54) is 0 Å². The van der Waals surface area contributed by atoms with Gasteiger partial charge in [-0.1, -0.05) is 107 Å². The van der Waals surface area contributed by atoms with Crippen LogP contribution in [0.4, 0.5) is 13.8 Å². The number of alkyl halides is 2. The number of rotatable bonds is 8. The molecule has 0 spiro atoms. The first-order valence-corrected chi connectivity index (χ1v) is 10.9. The van der Waals surface area contributed by atoms with Crippen LogP contribution in [-0.2, 0) is 15.0 Å². The van der Waals surface area contributed by atoms with E-state index in [2.05, 4.69) is 15.0 Å². The summed E-state index contributed by atoms with van der Waals surface area (Å²) < 4.78 is 25.1. The third kappa shape index (κ3) is 4.25. The second-order valence-corrected chi connectivity index (χ2v) is 8.22. The van der Waals surface area contributed by atoms with Crippen LogP contribution in [0.25, 0.3) is 0 Å². The van der Waals surface area contributed by atoms with Gasteiger partial charge in [0, 0.05) is 0 Å². The second-order valence-electron chi connectivity index (χ2n) is 7.19. The molecule has 172 valence electrons. The Labute approximate surface area is 198 Å². The van der Waals surface area contributed by atoms with Gasteiger partial charge in [0.1, 0.15) is 15.7 Å². The highest BCUT2D eigenvalue weighted by molar-refractivity contribution is 7.16. The molecule has 0 fully saturated rings. The van der Waals surface area contributed by atoms with Crippen LogP contribution in [0.2, 0.25) is 0 Å². The molecule has 0 saturated heterocycles. The summed E-state index contributed by atoms with van der Waals surface area (Å²) in [6, 6.07) is 28.7. The van der Waals surface area contributed by atoms with Crippen LogP contribution in [0, 0.1) is 0 Å². The number of benzene rings is 3. The zero-order valence-corrected chi connectivity index (χ0v) is 18.5. The second kappa shape index (κ2) is 9.80. The van der Waals surface area contributed by atoms with Gasteiger partial charge in [0.2, 0.25) is 5.71 Å². The van der Waals surface area contributed by atoms with Gasteiger partial charge in [-0.05, 0) is 16.7 Å². The Morgan fingerprint density at radius 1 is 0.912 bits per heavy atom. The van der Waals surface area contributed by atoms with Gasteiger partial charge in [-0.3, -0.25) is 0 Å². The van der Waals surface area contributed by atoms with Crippen molar-refractivity contribution in [3.05, 3.63) is 118 Å². The van der Waals surface area contributed by atoms with Gasteiger partial charge in [-0.15, -0.1) is 0 Å². The predicted octanol–water partition coefficient (Wildman–Crippen LogP) is 5.14. The fraction of sp³-hybridized carbons (Fsp3) is 0.0800. The zero-order valence-electron chi connectivity index (χ0n) is 17.6. The first-order valence-electron chi connectivity index (χ1n) is 10.1. The smallest absolute Gasteiger partial charge is 0.407 e. The first-order chi connectivity index (χ1) is 16.4. The number of carboxylic acid groups (broad SMARTS) is 1. The van der Waals surface area contributed by atoms with Gasteiger partial charge in [-0.2, -0.15) is 8.78 Å². The van der Waals surface area contributed by atoms with E-state index < -0.39 is 23.7 Å². The largest absolute Gasteiger partial charge is 0.476 e. The summed E-state index contributed by atoms with van der Waals surface area (Å²) in [5.41, 5.74) is 6.78. The van der Waals surface area contributed by atoms with E-state index in [4.69, 9.17) is 5.73 Å². The third-order valence-corrected chi connectivity index (χ3v) is 6.25. The van der Waals surface area contributed by atoms with Crippen LogP contribution in [0.5, 0.6) is 0 Å². The van der Waals surface area contributed by atoms with E-state index in [0.717, 1.165) is 28.0 Å². The summed E-state index contributed by atoms with van der Waals surface area (Å²) in [4.78, 5) is 20.3. The third-order valence-electron chi connectivity index (χ3n) is 5.25. The van der Waals surface area contributed by atoms with Crippen molar-refractivity contribution in [1.29, 1.82) is 0 Å². The molecule has 9 heteroatoms. The molecule has 4 rings (SSSR count). The maximum atomic E-state index is 12.6. The van der Waals surface area contributed by atoms with Gasteiger partial charge >= 0.3 is 12.6 Å². The number of hydrogen-bond donors (Lipinski definition) is 2. The highest BCUT2D eigenvalue weighted by Crippen LogP contribution is 2.47. The summed E-state index contributed by atoms with van der Waals surface area (Å²) in [6.07, 6.45) is 0. The molecule has 0 radical (unpaired) electrons. The number of anilines is 1. The molecule has 1 heterocycles. The van der Waals surface area contributed by atoms with Gasteiger partial charge in [-0.25, -0.2) is 9.78 Å². The molecule has 3 aromatic carbocycles. The highest BCUT2D eigenvalue weighted by Gasteiger charge is 2.42. The summed E-state index contributed by atoms with van der Waals surface area (Å²) >= 11 is 1.07. The number of halogens is 2. The Hall–Kier alpha value is -4.11. The van der Waals surface area contributed by atoms with Crippen molar-refractivity contribution >= 4 is 28.0 Å². The molecule has 3 N–H and O–H groups in total. The van der Waals surface area contributed by atoms with Gasteiger partial charge in [0.05, 0.1) is 5.41 Å². The van der Waals surface area contributed by atoms with E-state index in [-0.39, 0.29) is 10.7 Å². The molecule has 0 amide bonds. The molecular weight excluding hydrogens is 460 g/mol. The summed E-state index contributed by atoms with van der Waals surface area (Å²) in [5.74, 6) is -1.59. The van der Waals surface area contributed by atoms with E-state index in [1.54, 1.807) is 0 Å². The minimum atomic E-state index is -3.29. The van der Waals surface area contributed by atoms with E-state index in [1.807, 2.05) is 91.0 Å². The summed E-state index contributed by atoms with van der Waals surface area (Å²) in [7, 11) is 0. The minimum absolute atomic E-state index is 0.0150. The predicted molar refractivity (Wildman–Crippen MR) is 126 cm³/mol. The molecule has 0 aliphatic carbocycles. The van der Waals surface area contributed by atoms with E-state index in [9.17, 15) is 18.7 Å². The normalized spacial score (nSPS) is 12.0. The number of aliphatic carboxylic acids is 1. The molecule has 4 aromatic rings. The molecule has 6 nitrogen and oxygen atoms in total. The van der Waals surface area contributed by atoms with Crippen LogP contribution in [0.1, 0.15) is 27.4 Å². The summed E-state index contributed by atoms with van der Waals surface area (Å²) in [5, 5.41) is 13.1. The van der Waals surface area contributed by atoms with Crippen LogP contribution in [-0.4, -0.2) is 28.4 Å². The maximum Gasteiger partial charge on any atom is 0.407 e. The number of nitrogens with zero attached hydrogens (tertiary/aromatic N) is 2. The average molecular weight is 480 g/mol. The fourth-order valence-corrected chi connectivity index (χ4v) is 4.96. The lowest BCUT2D eigenvalue weighted by Crippen LogP contribution is -2.31. The van der Waals surface area contributed by atoms with Gasteiger partial charge in [0.15, 0.2) is 0 Å². The van der Waals surface area contributed by atoms with Crippen molar-refractivity contribution < 1.29 is 23.5 Å². The van der Waals surface area contributed by atoms with Crippen molar-refractivity contribution in [2.24, 2.45) is 5.16 Å². The number of nitrogen functional groups attached to an aromatic ring is 1. The van der Waals surface area contributed by atoms with Crippen molar-refractivity contribution in [2.75, 3.05) is 5.73 Å². The Kier molecular flexibility index (Phi) is 6.65. The quantitative estimate of drug-likeness (QED) is 0.207. The van der Waals surface area contributed by atoms with Crippen molar-refractivity contribution in [2.45, 2.75) is 12.0 Å². The van der Waals surface area contributed by atoms with Crippen molar-refractivity contribution in [1.82, 2.24) is 4.98 Å². The molecule has 0 aliphatic rings. The molecule has 0 aliphatic heterocycles. The number of carbonyl (C=O) groups is 1. The van der Waals surface area contributed by atoms with Crippen molar-refractivity contribution in [3.63, 3.8) is 0 Å². The fourth-order valence-electron chi connectivity index (χ4n) is 3.87. The Balaban J connectivity index is 2.04. The number of aromatic nitrogens is 1. The summed E-state index contributed by atoms with van der Waals surface area (Å²) in [6.45, 7) is -3.29. The van der Waals surface area contributed by atoms with Gasteiger partial charge in [0.25, 0.3) is 0 Å². The number of carboxylic acids is 1. The number of oxime groups is 1. The van der Waals surface area contributed by atoms with Gasteiger partial charge < -0.3 is 15.7 Å². The number of thiazole rings is 1. The Bertz CT molecular complexity index is 1200. The van der Waals surface area contributed by atoms with Crippen molar-refractivity contribution in [3.8, 4) is 0 Å². The van der Waals surface area contributed by atoms with Crippen LogP contribution < -0.4 is 5.73 Å². The lowest BCUT2D eigenvalue weighted by molar-refractivity contribution is -0.134. The topological polar surface area (TPSA) is 97.8 Å². The lowest BCUT2D eigenvalue weighted by Gasteiger charge is -2.34. The molecule has 1 aromatic heterocycles. The van der Waals surface area contributed by atoms with E-state index >= 15 is 0 Å².